The third-order valence-corrected chi connectivity index (χ3v) is 4.76. The average Bonchev–Trinajstić information content (AvgIpc) is 3.27. The molecule has 0 atom stereocenters. The van der Waals surface area contributed by atoms with Crippen LogP contribution in [-0.4, -0.2) is 34.3 Å². The van der Waals surface area contributed by atoms with Crippen molar-refractivity contribution in [2.75, 3.05) is 19.0 Å². The summed E-state index contributed by atoms with van der Waals surface area (Å²) >= 11 is 0. The van der Waals surface area contributed by atoms with E-state index in [1.54, 1.807) is 10.7 Å². The van der Waals surface area contributed by atoms with Crippen LogP contribution in [0, 0.1) is 10.1 Å². The number of rotatable bonds is 8. The Morgan fingerprint density at radius 3 is 2.36 bits per heavy atom. The highest BCUT2D eigenvalue weighted by molar-refractivity contribution is 5.92. The van der Waals surface area contributed by atoms with Crippen LogP contribution in [0.3, 0.4) is 0 Å². The maximum Gasteiger partial charge on any atom is 0.273 e. The van der Waals surface area contributed by atoms with Crippen LogP contribution in [0.1, 0.15) is 0 Å². The second-order valence-electron chi connectivity index (χ2n) is 6.96. The van der Waals surface area contributed by atoms with Crippen molar-refractivity contribution in [2.45, 2.75) is 0 Å². The molecule has 0 radical (unpaired) electrons. The van der Waals surface area contributed by atoms with Crippen molar-refractivity contribution in [1.82, 2.24) is 9.78 Å². The summed E-state index contributed by atoms with van der Waals surface area (Å²) in [4.78, 5) is 23.2. The fraction of sp³-hybridized carbons (Fsp3) is 0.0833. The Morgan fingerprint density at radius 2 is 1.70 bits per heavy atom. The highest BCUT2D eigenvalue weighted by Crippen LogP contribution is 2.31. The summed E-state index contributed by atoms with van der Waals surface area (Å²) in [5.74, 6) is 0.386. The van der Waals surface area contributed by atoms with Gasteiger partial charge in [0, 0.05) is 17.7 Å². The topological polar surface area (TPSA) is 109 Å². The minimum absolute atomic E-state index is 0.100. The first kappa shape index (κ1) is 21.6. The Balaban J connectivity index is 1.56. The van der Waals surface area contributed by atoms with Gasteiger partial charge >= 0.3 is 0 Å². The van der Waals surface area contributed by atoms with E-state index in [9.17, 15) is 14.9 Å². The SMILES string of the molecule is COc1ccc([N+](=O)[O-])cc1OCC(=O)Nc1cc(-c2ccccc2)nn1-c1ccccc1. The molecule has 4 aromatic rings. The van der Waals surface area contributed by atoms with Crippen molar-refractivity contribution in [2.24, 2.45) is 0 Å². The van der Waals surface area contributed by atoms with E-state index in [1.165, 1.54) is 25.3 Å². The molecular weight excluding hydrogens is 424 g/mol. The predicted molar refractivity (Wildman–Crippen MR) is 123 cm³/mol. The van der Waals surface area contributed by atoms with Crippen LogP contribution >= 0.6 is 0 Å². The van der Waals surface area contributed by atoms with E-state index < -0.39 is 10.8 Å². The maximum atomic E-state index is 12.7. The molecule has 0 saturated heterocycles. The molecule has 0 aliphatic heterocycles. The van der Waals surface area contributed by atoms with Crippen LogP contribution in [0.5, 0.6) is 11.5 Å². The molecule has 1 heterocycles. The van der Waals surface area contributed by atoms with Gasteiger partial charge in [0.15, 0.2) is 18.1 Å². The third kappa shape index (κ3) is 4.99. The van der Waals surface area contributed by atoms with Gasteiger partial charge in [0.2, 0.25) is 0 Å². The van der Waals surface area contributed by atoms with Crippen molar-refractivity contribution in [1.29, 1.82) is 0 Å². The smallest absolute Gasteiger partial charge is 0.273 e. The lowest BCUT2D eigenvalue weighted by Crippen LogP contribution is -2.22. The molecule has 3 aromatic carbocycles. The third-order valence-electron chi connectivity index (χ3n) is 4.76. The first-order valence-corrected chi connectivity index (χ1v) is 10.0. The maximum absolute atomic E-state index is 12.7. The van der Waals surface area contributed by atoms with Gasteiger partial charge in [-0.2, -0.15) is 5.10 Å². The predicted octanol–water partition coefficient (Wildman–Crippen LogP) is 4.47. The molecule has 0 fully saturated rings. The first-order valence-electron chi connectivity index (χ1n) is 10.0. The number of carbonyl (C=O) groups excluding carboxylic acids is 1. The lowest BCUT2D eigenvalue weighted by Gasteiger charge is -2.11. The molecule has 0 bridgehead atoms. The van der Waals surface area contributed by atoms with Crippen molar-refractivity contribution in [3.8, 4) is 28.4 Å². The fourth-order valence-electron chi connectivity index (χ4n) is 3.20. The van der Waals surface area contributed by atoms with Crippen molar-refractivity contribution in [3.63, 3.8) is 0 Å². The molecule has 33 heavy (non-hydrogen) atoms. The number of nitrogens with zero attached hydrogens (tertiary/aromatic N) is 3. The van der Waals surface area contributed by atoms with Gasteiger partial charge in [-0.1, -0.05) is 48.5 Å². The minimum atomic E-state index is -0.546. The molecule has 0 saturated carbocycles. The van der Waals surface area contributed by atoms with Gasteiger partial charge in [-0.3, -0.25) is 14.9 Å². The summed E-state index contributed by atoms with van der Waals surface area (Å²) in [6.45, 7) is -0.377. The van der Waals surface area contributed by atoms with Gasteiger partial charge in [0.05, 0.1) is 29.5 Å². The number of anilines is 1. The number of ether oxygens (including phenoxy) is 2. The number of carbonyl (C=O) groups is 1. The number of aromatic nitrogens is 2. The zero-order valence-electron chi connectivity index (χ0n) is 17.7. The standard InChI is InChI=1S/C24H20N4O5/c1-32-21-13-12-19(28(30)31)14-22(21)33-16-24(29)25-23-15-20(17-8-4-2-5-9-17)26-27(23)18-10-6-3-7-11-18/h2-15H,16H2,1H3,(H,25,29). The number of nitro benzene ring substituents is 1. The molecule has 0 unspecified atom stereocenters. The summed E-state index contributed by atoms with van der Waals surface area (Å²) < 4.78 is 12.3. The summed E-state index contributed by atoms with van der Waals surface area (Å²) in [6, 6.07) is 24.7. The van der Waals surface area contributed by atoms with E-state index in [1.807, 2.05) is 60.7 Å². The number of hydrogen-bond acceptors (Lipinski definition) is 6. The van der Waals surface area contributed by atoms with Crippen molar-refractivity contribution >= 4 is 17.4 Å². The number of methoxy groups -OCH3 is 1. The van der Waals surface area contributed by atoms with E-state index in [-0.39, 0.29) is 23.8 Å². The van der Waals surface area contributed by atoms with E-state index in [0.29, 0.717) is 11.5 Å². The van der Waals surface area contributed by atoms with Crippen molar-refractivity contribution in [3.05, 3.63) is 95.0 Å². The Labute approximate surface area is 189 Å². The van der Waals surface area contributed by atoms with Crippen LogP contribution in [0.25, 0.3) is 16.9 Å². The lowest BCUT2D eigenvalue weighted by molar-refractivity contribution is -0.385. The van der Waals surface area contributed by atoms with Crippen LogP contribution in [0.15, 0.2) is 84.9 Å². The Morgan fingerprint density at radius 1 is 1.00 bits per heavy atom. The Bertz CT molecular complexity index is 1270. The number of benzene rings is 3. The Hall–Kier alpha value is -4.66. The monoisotopic (exact) mass is 444 g/mol. The molecular formula is C24H20N4O5. The van der Waals surface area contributed by atoms with E-state index in [4.69, 9.17) is 9.47 Å². The molecule has 1 N–H and O–H groups in total. The molecule has 1 amide bonds. The molecule has 166 valence electrons. The minimum Gasteiger partial charge on any atom is -0.493 e. The summed E-state index contributed by atoms with van der Waals surface area (Å²) in [5.41, 5.74) is 2.20. The number of nitro groups is 1. The van der Waals surface area contributed by atoms with Gasteiger partial charge in [0.1, 0.15) is 5.82 Å². The summed E-state index contributed by atoms with van der Waals surface area (Å²) in [6.07, 6.45) is 0. The van der Waals surface area contributed by atoms with Gasteiger partial charge in [0.25, 0.3) is 11.6 Å². The normalized spacial score (nSPS) is 10.5. The number of amides is 1. The average molecular weight is 444 g/mol. The van der Waals surface area contributed by atoms with Crippen LogP contribution < -0.4 is 14.8 Å². The summed E-state index contributed by atoms with van der Waals surface area (Å²) in [7, 11) is 1.41. The second-order valence-corrected chi connectivity index (χ2v) is 6.96. The van der Waals surface area contributed by atoms with Gasteiger partial charge in [-0.05, 0) is 18.2 Å². The number of non-ortho nitro benzene ring substituents is 1. The highest BCUT2D eigenvalue weighted by atomic mass is 16.6. The molecule has 0 aliphatic rings. The molecule has 0 aliphatic carbocycles. The first-order chi connectivity index (χ1) is 16.0. The number of hydrogen-bond donors (Lipinski definition) is 1. The molecule has 9 heteroatoms. The summed E-state index contributed by atoms with van der Waals surface area (Å²) in [5, 5.41) is 18.5. The van der Waals surface area contributed by atoms with Gasteiger partial charge in [-0.15, -0.1) is 0 Å². The van der Waals surface area contributed by atoms with Gasteiger partial charge < -0.3 is 14.8 Å². The zero-order valence-corrected chi connectivity index (χ0v) is 17.7. The van der Waals surface area contributed by atoms with Crippen LogP contribution in [0.2, 0.25) is 0 Å². The molecule has 4 rings (SSSR count). The molecule has 1 aromatic heterocycles. The number of para-hydroxylation sites is 1. The highest BCUT2D eigenvalue weighted by Gasteiger charge is 2.16. The lowest BCUT2D eigenvalue weighted by atomic mass is 10.2. The van der Waals surface area contributed by atoms with E-state index in [2.05, 4.69) is 10.4 Å². The Kier molecular flexibility index (Phi) is 6.31. The van der Waals surface area contributed by atoms with Crippen LogP contribution in [-0.2, 0) is 4.79 Å². The quantitative estimate of drug-likeness (QED) is 0.317. The van der Waals surface area contributed by atoms with E-state index >= 15 is 0 Å². The van der Waals surface area contributed by atoms with Crippen molar-refractivity contribution < 1.29 is 19.2 Å². The zero-order chi connectivity index (χ0) is 23.2. The molecule has 9 nitrogen and oxygen atoms in total. The second kappa shape index (κ2) is 9.65. The van der Waals surface area contributed by atoms with E-state index in [0.717, 1.165) is 11.3 Å². The van der Waals surface area contributed by atoms with Gasteiger partial charge in [-0.25, -0.2) is 4.68 Å². The largest absolute Gasteiger partial charge is 0.493 e. The fourth-order valence-corrected chi connectivity index (χ4v) is 3.20. The molecule has 0 spiro atoms. The van der Waals surface area contributed by atoms with Crippen LogP contribution in [0.4, 0.5) is 11.5 Å². The number of nitrogens with one attached hydrogen (secondary N) is 1.